The van der Waals surface area contributed by atoms with Crippen molar-refractivity contribution in [3.63, 3.8) is 0 Å². The summed E-state index contributed by atoms with van der Waals surface area (Å²) in [7, 11) is 2.16. The molecule has 0 aromatic carbocycles. The minimum atomic E-state index is 0.450. The Bertz CT molecular complexity index is 173. The molecule has 1 aliphatic rings. The monoisotopic (exact) mass is 169 g/mol. The van der Waals surface area contributed by atoms with Crippen molar-refractivity contribution in [1.29, 1.82) is 0 Å². The summed E-state index contributed by atoms with van der Waals surface area (Å²) in [6.45, 7) is 6.39. The molecule has 2 unspecified atom stereocenters. The molecule has 1 saturated heterocycles. The topological polar surface area (TPSA) is 41.6 Å². The van der Waals surface area contributed by atoms with E-state index in [1.807, 2.05) is 6.92 Å². The number of piperidine rings is 1. The highest BCUT2D eigenvalue weighted by Crippen LogP contribution is 2.18. The van der Waals surface area contributed by atoms with E-state index in [1.165, 1.54) is 0 Å². The molecule has 1 rings (SSSR count). The summed E-state index contributed by atoms with van der Waals surface area (Å²) in [6, 6.07) is 0.450. The zero-order chi connectivity index (χ0) is 9.14. The summed E-state index contributed by atoms with van der Waals surface area (Å²) in [5.74, 6) is 1.36. The van der Waals surface area contributed by atoms with Crippen molar-refractivity contribution in [2.45, 2.75) is 26.3 Å². The average Bonchev–Trinajstić information content (AvgIpc) is 1.94. The van der Waals surface area contributed by atoms with Crippen molar-refractivity contribution >= 4 is 5.84 Å². The first-order valence-corrected chi connectivity index (χ1v) is 4.58. The molecule has 0 amide bonds. The van der Waals surface area contributed by atoms with E-state index in [0.717, 1.165) is 25.3 Å². The molecule has 0 saturated carbocycles. The Labute approximate surface area is 74.6 Å². The van der Waals surface area contributed by atoms with Crippen LogP contribution < -0.4 is 5.73 Å². The second-order valence-corrected chi connectivity index (χ2v) is 3.87. The summed E-state index contributed by atoms with van der Waals surface area (Å²) in [5, 5.41) is 0. The van der Waals surface area contributed by atoms with Gasteiger partial charge in [-0.05, 0) is 32.9 Å². The molecule has 0 aromatic heterocycles. The Hall–Kier alpha value is -0.570. The van der Waals surface area contributed by atoms with Crippen LogP contribution in [0.5, 0.6) is 0 Å². The first-order chi connectivity index (χ1) is 5.59. The molecule has 1 fully saturated rings. The number of rotatable bonds is 1. The third kappa shape index (κ3) is 2.48. The fraction of sp³-hybridized carbons (Fsp3) is 0.889. The summed E-state index contributed by atoms with van der Waals surface area (Å²) in [4.78, 5) is 6.77. The van der Waals surface area contributed by atoms with Crippen molar-refractivity contribution in [2.24, 2.45) is 16.6 Å². The van der Waals surface area contributed by atoms with Crippen LogP contribution in [-0.4, -0.2) is 36.9 Å². The summed E-state index contributed by atoms with van der Waals surface area (Å²) in [5.41, 5.74) is 5.56. The van der Waals surface area contributed by atoms with Gasteiger partial charge in [0.25, 0.3) is 0 Å². The first-order valence-electron chi connectivity index (χ1n) is 4.58. The maximum Gasteiger partial charge on any atom is 0.0909 e. The predicted molar refractivity (Wildman–Crippen MR) is 52.4 cm³/mol. The van der Waals surface area contributed by atoms with Gasteiger partial charge in [0, 0.05) is 6.54 Å². The van der Waals surface area contributed by atoms with Gasteiger partial charge < -0.3 is 10.6 Å². The SMILES string of the molecule is CC(N)=NC1CCN(C)CC1C. The molecule has 0 radical (unpaired) electrons. The predicted octanol–water partition coefficient (Wildman–Crippen LogP) is 0.704. The van der Waals surface area contributed by atoms with Crippen LogP contribution in [0, 0.1) is 5.92 Å². The average molecular weight is 169 g/mol. The molecule has 0 aliphatic carbocycles. The lowest BCUT2D eigenvalue weighted by Gasteiger charge is -2.32. The van der Waals surface area contributed by atoms with Crippen LogP contribution in [-0.2, 0) is 0 Å². The van der Waals surface area contributed by atoms with Crippen LogP contribution in [0.15, 0.2) is 4.99 Å². The lowest BCUT2D eigenvalue weighted by atomic mass is 9.95. The van der Waals surface area contributed by atoms with E-state index in [4.69, 9.17) is 5.73 Å². The molecule has 0 aromatic rings. The van der Waals surface area contributed by atoms with E-state index in [-0.39, 0.29) is 0 Å². The van der Waals surface area contributed by atoms with Crippen molar-refractivity contribution < 1.29 is 0 Å². The first kappa shape index (κ1) is 9.52. The molecular formula is C9H19N3. The number of aliphatic imine (C=N–C) groups is 1. The van der Waals surface area contributed by atoms with Gasteiger partial charge in [0.1, 0.15) is 0 Å². The van der Waals surface area contributed by atoms with Gasteiger partial charge in [-0.25, -0.2) is 0 Å². The molecule has 0 bridgehead atoms. The largest absolute Gasteiger partial charge is 0.388 e. The van der Waals surface area contributed by atoms with Gasteiger partial charge in [-0.3, -0.25) is 4.99 Å². The van der Waals surface area contributed by atoms with E-state index in [2.05, 4.69) is 23.9 Å². The van der Waals surface area contributed by atoms with E-state index in [0.29, 0.717) is 12.0 Å². The number of amidine groups is 1. The Morgan fingerprint density at radius 1 is 1.58 bits per heavy atom. The fourth-order valence-corrected chi connectivity index (χ4v) is 1.80. The highest BCUT2D eigenvalue weighted by Gasteiger charge is 2.23. The van der Waals surface area contributed by atoms with Crippen molar-refractivity contribution in [2.75, 3.05) is 20.1 Å². The lowest BCUT2D eigenvalue weighted by molar-refractivity contribution is 0.198. The van der Waals surface area contributed by atoms with E-state index in [1.54, 1.807) is 0 Å². The van der Waals surface area contributed by atoms with Crippen molar-refractivity contribution in [3.8, 4) is 0 Å². The molecular weight excluding hydrogens is 150 g/mol. The molecule has 3 nitrogen and oxygen atoms in total. The molecule has 2 N–H and O–H groups in total. The summed E-state index contributed by atoms with van der Waals surface area (Å²) < 4.78 is 0. The Kier molecular flexibility index (Phi) is 3.09. The summed E-state index contributed by atoms with van der Waals surface area (Å²) in [6.07, 6.45) is 1.15. The molecule has 12 heavy (non-hydrogen) atoms. The van der Waals surface area contributed by atoms with Crippen LogP contribution in [0.3, 0.4) is 0 Å². The lowest BCUT2D eigenvalue weighted by Crippen LogP contribution is -2.39. The van der Waals surface area contributed by atoms with E-state index in [9.17, 15) is 0 Å². The van der Waals surface area contributed by atoms with Gasteiger partial charge in [-0.1, -0.05) is 6.92 Å². The van der Waals surface area contributed by atoms with Crippen LogP contribution in [0.25, 0.3) is 0 Å². The Balaban J connectivity index is 2.51. The van der Waals surface area contributed by atoms with Gasteiger partial charge in [0.2, 0.25) is 0 Å². The van der Waals surface area contributed by atoms with Gasteiger partial charge in [-0.15, -0.1) is 0 Å². The maximum atomic E-state index is 5.56. The third-order valence-electron chi connectivity index (χ3n) is 2.43. The zero-order valence-electron chi connectivity index (χ0n) is 8.25. The van der Waals surface area contributed by atoms with Gasteiger partial charge in [0.05, 0.1) is 11.9 Å². The van der Waals surface area contributed by atoms with Crippen LogP contribution in [0.2, 0.25) is 0 Å². The Morgan fingerprint density at radius 2 is 2.25 bits per heavy atom. The third-order valence-corrected chi connectivity index (χ3v) is 2.43. The van der Waals surface area contributed by atoms with Crippen molar-refractivity contribution in [3.05, 3.63) is 0 Å². The molecule has 1 aliphatic heterocycles. The number of nitrogens with two attached hydrogens (primary N) is 1. The summed E-state index contributed by atoms with van der Waals surface area (Å²) >= 11 is 0. The van der Waals surface area contributed by atoms with Crippen LogP contribution in [0.4, 0.5) is 0 Å². The molecule has 1 heterocycles. The van der Waals surface area contributed by atoms with Gasteiger partial charge in [0.15, 0.2) is 0 Å². The highest BCUT2D eigenvalue weighted by molar-refractivity contribution is 5.77. The number of hydrogen-bond acceptors (Lipinski definition) is 2. The van der Waals surface area contributed by atoms with Crippen molar-refractivity contribution in [1.82, 2.24) is 4.90 Å². The van der Waals surface area contributed by atoms with E-state index < -0.39 is 0 Å². The van der Waals surface area contributed by atoms with Gasteiger partial charge >= 0.3 is 0 Å². The zero-order valence-corrected chi connectivity index (χ0v) is 8.25. The molecule has 0 spiro atoms. The molecule has 2 atom stereocenters. The minimum absolute atomic E-state index is 0.450. The van der Waals surface area contributed by atoms with Gasteiger partial charge in [-0.2, -0.15) is 0 Å². The molecule has 70 valence electrons. The maximum absolute atomic E-state index is 5.56. The number of hydrogen-bond donors (Lipinski definition) is 1. The number of nitrogens with zero attached hydrogens (tertiary/aromatic N) is 2. The normalized spacial score (nSPS) is 33.8. The minimum Gasteiger partial charge on any atom is -0.388 e. The standard InChI is InChI=1S/C9H19N3/c1-7-6-12(3)5-4-9(7)11-8(2)10/h7,9H,4-6H2,1-3H3,(H2,10,11). The van der Waals surface area contributed by atoms with Crippen LogP contribution in [0.1, 0.15) is 20.3 Å². The highest BCUT2D eigenvalue weighted by atomic mass is 15.1. The quantitative estimate of drug-likeness (QED) is 0.464. The van der Waals surface area contributed by atoms with E-state index >= 15 is 0 Å². The smallest absolute Gasteiger partial charge is 0.0909 e. The molecule has 3 heteroatoms. The van der Waals surface area contributed by atoms with Crippen LogP contribution >= 0.6 is 0 Å². The second kappa shape index (κ2) is 3.90. The fourth-order valence-electron chi connectivity index (χ4n) is 1.80. The number of likely N-dealkylation sites (tertiary alicyclic amines) is 1. The second-order valence-electron chi connectivity index (χ2n) is 3.87. The Morgan fingerprint density at radius 3 is 2.75 bits per heavy atom.